The summed E-state index contributed by atoms with van der Waals surface area (Å²) in [5.74, 6) is 2.18. The first-order valence-corrected chi connectivity index (χ1v) is 2.49. The molecule has 0 bridgehead atoms. The topological polar surface area (TPSA) is 20.2 Å². The van der Waals surface area contributed by atoms with Crippen LogP contribution in [0.5, 0.6) is 0 Å². The molecule has 0 aliphatic carbocycles. The van der Waals surface area contributed by atoms with Crippen LogP contribution in [0.1, 0.15) is 6.92 Å². The molecule has 44 valence electrons. The minimum atomic E-state index is -0.475. The minimum Gasteiger partial charge on any atom is -0.392 e. The summed E-state index contributed by atoms with van der Waals surface area (Å²) >= 11 is 0. The van der Waals surface area contributed by atoms with Gasteiger partial charge in [-0.25, -0.2) is 0 Å². The molecule has 0 spiro atoms. The van der Waals surface area contributed by atoms with E-state index in [2.05, 4.69) is 12.5 Å². The van der Waals surface area contributed by atoms with Gasteiger partial charge in [0.1, 0.15) is 0 Å². The van der Waals surface area contributed by atoms with Crippen LogP contribution in [0, 0.1) is 18.3 Å². The summed E-state index contributed by atoms with van der Waals surface area (Å²) in [6.45, 7) is 5.10. The molecule has 0 fully saturated rings. The van der Waals surface area contributed by atoms with Gasteiger partial charge in [0.2, 0.25) is 0 Å². The summed E-state index contributed by atoms with van der Waals surface area (Å²) in [4.78, 5) is 0. The monoisotopic (exact) mass is 110 g/mol. The second-order valence-corrected chi connectivity index (χ2v) is 1.67. The van der Waals surface area contributed by atoms with Crippen molar-refractivity contribution in [3.05, 3.63) is 12.7 Å². The molecule has 2 unspecified atom stereocenters. The summed E-state index contributed by atoms with van der Waals surface area (Å²) in [5.41, 5.74) is 0. The molecule has 0 amide bonds. The van der Waals surface area contributed by atoms with E-state index < -0.39 is 6.10 Å². The van der Waals surface area contributed by atoms with Gasteiger partial charge < -0.3 is 5.11 Å². The molecule has 1 N–H and O–H groups in total. The van der Waals surface area contributed by atoms with Crippen molar-refractivity contribution in [1.29, 1.82) is 0 Å². The quantitative estimate of drug-likeness (QED) is 0.412. The van der Waals surface area contributed by atoms with Crippen LogP contribution in [-0.4, -0.2) is 11.2 Å². The van der Waals surface area contributed by atoms with Crippen LogP contribution in [0.3, 0.4) is 0 Å². The molecule has 8 heavy (non-hydrogen) atoms. The number of hydrogen-bond acceptors (Lipinski definition) is 1. The summed E-state index contributed by atoms with van der Waals surface area (Å²) in [7, 11) is 0. The Bertz CT molecular complexity index is 108. The van der Waals surface area contributed by atoms with Crippen LogP contribution < -0.4 is 0 Å². The van der Waals surface area contributed by atoms with Gasteiger partial charge in [0, 0.05) is 0 Å². The summed E-state index contributed by atoms with van der Waals surface area (Å²) in [6.07, 6.45) is 6.09. The van der Waals surface area contributed by atoms with Crippen molar-refractivity contribution in [1.82, 2.24) is 0 Å². The third-order valence-corrected chi connectivity index (χ3v) is 0.966. The lowest BCUT2D eigenvalue weighted by Gasteiger charge is -2.05. The molecule has 0 aliphatic rings. The molecule has 1 heteroatoms. The Morgan fingerprint density at radius 1 is 1.88 bits per heavy atom. The molecular weight excluding hydrogens is 100 g/mol. The van der Waals surface area contributed by atoms with E-state index in [1.54, 1.807) is 13.0 Å². The highest BCUT2D eigenvalue weighted by Crippen LogP contribution is 2.00. The SMILES string of the molecule is C#CC(C=C)C(C)O. The van der Waals surface area contributed by atoms with Gasteiger partial charge in [-0.05, 0) is 6.92 Å². The molecule has 0 aromatic carbocycles. The van der Waals surface area contributed by atoms with Crippen LogP contribution >= 0.6 is 0 Å². The van der Waals surface area contributed by atoms with E-state index in [0.717, 1.165) is 0 Å². The molecule has 0 rings (SSSR count). The van der Waals surface area contributed by atoms with Gasteiger partial charge in [-0.15, -0.1) is 13.0 Å². The van der Waals surface area contributed by atoms with Gasteiger partial charge in [0.15, 0.2) is 0 Å². The first kappa shape index (κ1) is 7.26. The molecule has 1 nitrogen and oxygen atoms in total. The second kappa shape index (κ2) is 3.29. The van der Waals surface area contributed by atoms with E-state index in [9.17, 15) is 0 Å². The molecule has 0 saturated heterocycles. The Morgan fingerprint density at radius 2 is 2.38 bits per heavy atom. The normalized spacial score (nSPS) is 16.1. The van der Waals surface area contributed by atoms with Crippen LogP contribution in [0.2, 0.25) is 0 Å². The van der Waals surface area contributed by atoms with Crippen LogP contribution in [0.15, 0.2) is 12.7 Å². The molecule has 2 atom stereocenters. The lowest BCUT2D eigenvalue weighted by molar-refractivity contribution is 0.172. The van der Waals surface area contributed by atoms with Crippen molar-refractivity contribution in [3.63, 3.8) is 0 Å². The summed E-state index contributed by atoms with van der Waals surface area (Å²) in [6, 6.07) is 0. The number of hydrogen-bond donors (Lipinski definition) is 1. The smallest absolute Gasteiger partial charge is 0.0684 e. The Hall–Kier alpha value is -0.740. The number of rotatable bonds is 2. The predicted octanol–water partition coefficient (Wildman–Crippen LogP) is 0.803. The molecule has 0 heterocycles. The average Bonchev–Trinajstić information content (AvgIpc) is 1.69. The highest BCUT2D eigenvalue weighted by Gasteiger charge is 2.04. The molecule has 0 radical (unpaired) electrons. The average molecular weight is 110 g/mol. The standard InChI is InChI=1S/C7H10O/c1-4-7(5-2)6(3)8/h1,5-8H,2H2,3H3. The van der Waals surface area contributed by atoms with Crippen molar-refractivity contribution in [2.45, 2.75) is 13.0 Å². The largest absolute Gasteiger partial charge is 0.392 e. The Morgan fingerprint density at radius 3 is 2.38 bits per heavy atom. The summed E-state index contributed by atoms with van der Waals surface area (Å²) < 4.78 is 0. The van der Waals surface area contributed by atoms with E-state index in [0.29, 0.717) is 0 Å². The van der Waals surface area contributed by atoms with Crippen molar-refractivity contribution >= 4 is 0 Å². The van der Waals surface area contributed by atoms with E-state index in [1.807, 2.05) is 0 Å². The zero-order chi connectivity index (χ0) is 6.57. The molecular formula is C7H10O. The molecule has 0 saturated carbocycles. The first-order chi connectivity index (χ1) is 3.72. The van der Waals surface area contributed by atoms with Gasteiger partial charge >= 0.3 is 0 Å². The highest BCUT2D eigenvalue weighted by atomic mass is 16.3. The minimum absolute atomic E-state index is 0.199. The number of aliphatic hydroxyl groups excluding tert-OH is 1. The van der Waals surface area contributed by atoms with Crippen LogP contribution in [0.4, 0.5) is 0 Å². The molecule has 0 aromatic rings. The van der Waals surface area contributed by atoms with Gasteiger partial charge in [-0.3, -0.25) is 0 Å². The van der Waals surface area contributed by atoms with Gasteiger partial charge in [0.25, 0.3) is 0 Å². The van der Waals surface area contributed by atoms with E-state index in [4.69, 9.17) is 11.5 Å². The van der Waals surface area contributed by atoms with Crippen molar-refractivity contribution in [3.8, 4) is 12.3 Å². The second-order valence-electron chi connectivity index (χ2n) is 1.67. The van der Waals surface area contributed by atoms with Gasteiger partial charge in [-0.1, -0.05) is 12.0 Å². The Kier molecular flexibility index (Phi) is 2.98. The predicted molar refractivity (Wildman–Crippen MR) is 34.2 cm³/mol. The number of terminal acetylenes is 1. The first-order valence-electron chi connectivity index (χ1n) is 2.49. The van der Waals surface area contributed by atoms with Crippen molar-refractivity contribution in [2.75, 3.05) is 0 Å². The maximum atomic E-state index is 8.80. The fraction of sp³-hybridized carbons (Fsp3) is 0.429. The Labute approximate surface area is 50.0 Å². The van der Waals surface area contributed by atoms with Crippen LogP contribution in [-0.2, 0) is 0 Å². The van der Waals surface area contributed by atoms with Gasteiger partial charge in [0.05, 0.1) is 12.0 Å². The lowest BCUT2D eigenvalue weighted by Crippen LogP contribution is -2.11. The maximum Gasteiger partial charge on any atom is 0.0684 e. The zero-order valence-corrected chi connectivity index (χ0v) is 4.96. The third kappa shape index (κ3) is 1.81. The van der Waals surface area contributed by atoms with Gasteiger partial charge in [-0.2, -0.15) is 0 Å². The zero-order valence-electron chi connectivity index (χ0n) is 4.96. The van der Waals surface area contributed by atoms with E-state index in [1.165, 1.54) is 0 Å². The fourth-order valence-electron chi connectivity index (χ4n) is 0.404. The van der Waals surface area contributed by atoms with Crippen molar-refractivity contribution < 1.29 is 5.11 Å². The Balaban J connectivity index is 3.74. The number of aliphatic hydroxyl groups is 1. The highest BCUT2D eigenvalue weighted by molar-refractivity contribution is 5.04. The van der Waals surface area contributed by atoms with E-state index in [-0.39, 0.29) is 5.92 Å². The molecule has 0 aromatic heterocycles. The molecule has 0 aliphatic heterocycles. The third-order valence-electron chi connectivity index (χ3n) is 0.966. The van der Waals surface area contributed by atoms with Crippen molar-refractivity contribution in [2.24, 2.45) is 5.92 Å². The van der Waals surface area contributed by atoms with E-state index >= 15 is 0 Å². The maximum absolute atomic E-state index is 8.80. The summed E-state index contributed by atoms with van der Waals surface area (Å²) in [5, 5.41) is 8.80. The van der Waals surface area contributed by atoms with Crippen LogP contribution in [0.25, 0.3) is 0 Å². The lowest BCUT2D eigenvalue weighted by atomic mass is 10.1. The fourth-order valence-corrected chi connectivity index (χ4v) is 0.404.